The molecule has 1 saturated carbocycles. The van der Waals surface area contributed by atoms with Gasteiger partial charge in [-0.2, -0.15) is 0 Å². The molecule has 0 spiro atoms. The summed E-state index contributed by atoms with van der Waals surface area (Å²) in [6.45, 7) is 4.83. The highest BCUT2D eigenvalue weighted by Crippen LogP contribution is 2.37. The first kappa shape index (κ1) is 14.8. The quantitative estimate of drug-likeness (QED) is 0.889. The van der Waals surface area contributed by atoms with Crippen molar-refractivity contribution in [1.82, 2.24) is 15.3 Å². The van der Waals surface area contributed by atoms with Crippen LogP contribution in [-0.4, -0.2) is 22.4 Å². The fourth-order valence-corrected chi connectivity index (χ4v) is 2.88. The molecule has 2 aromatic rings. The van der Waals surface area contributed by atoms with Crippen LogP contribution in [-0.2, 0) is 5.41 Å². The molecule has 4 heteroatoms. The highest BCUT2D eigenvalue weighted by atomic mass is 16.1. The zero-order chi connectivity index (χ0) is 15.6. The van der Waals surface area contributed by atoms with Crippen LogP contribution in [0.5, 0.6) is 0 Å². The molecule has 1 fully saturated rings. The van der Waals surface area contributed by atoms with E-state index >= 15 is 0 Å². The molecule has 2 aromatic heterocycles. The van der Waals surface area contributed by atoms with Crippen molar-refractivity contribution in [2.45, 2.75) is 44.4 Å². The topological polar surface area (TPSA) is 57.8 Å². The predicted molar refractivity (Wildman–Crippen MR) is 87.0 cm³/mol. The number of carbonyl (C=O) groups excluding carboxylic acids is 1. The lowest BCUT2D eigenvalue weighted by atomic mass is 9.81. The summed E-state index contributed by atoms with van der Waals surface area (Å²) in [6.07, 6.45) is 9.13. The number of pyridine rings is 1. The van der Waals surface area contributed by atoms with Crippen LogP contribution >= 0.6 is 0 Å². The van der Waals surface area contributed by atoms with Gasteiger partial charge >= 0.3 is 0 Å². The highest BCUT2D eigenvalue weighted by molar-refractivity contribution is 5.95. The van der Waals surface area contributed by atoms with E-state index in [1.54, 1.807) is 6.20 Å². The summed E-state index contributed by atoms with van der Waals surface area (Å²) in [7, 11) is 0. The molecule has 0 atom stereocenters. The van der Waals surface area contributed by atoms with E-state index in [-0.39, 0.29) is 11.3 Å². The van der Waals surface area contributed by atoms with Crippen LogP contribution in [0, 0.1) is 0 Å². The minimum absolute atomic E-state index is 0.0140. The largest absolute Gasteiger partial charge is 0.364 e. The molecule has 1 amide bonds. The lowest BCUT2D eigenvalue weighted by molar-refractivity contribution is 0.0943. The Hall–Kier alpha value is -2.10. The predicted octanol–water partition coefficient (Wildman–Crippen LogP) is 3.38. The van der Waals surface area contributed by atoms with E-state index in [1.807, 2.05) is 24.5 Å². The molecule has 3 rings (SSSR count). The first-order valence-corrected chi connectivity index (χ1v) is 7.94. The molecule has 0 unspecified atom stereocenters. The van der Waals surface area contributed by atoms with Crippen molar-refractivity contribution >= 4 is 5.91 Å². The number of nitrogens with zero attached hydrogens (tertiary/aromatic N) is 1. The Bertz CT molecular complexity index is 641. The maximum absolute atomic E-state index is 12.5. The molecule has 4 nitrogen and oxygen atoms in total. The lowest BCUT2D eigenvalue weighted by Crippen LogP contribution is -2.37. The van der Waals surface area contributed by atoms with Crippen molar-refractivity contribution in [3.8, 4) is 0 Å². The van der Waals surface area contributed by atoms with Crippen molar-refractivity contribution < 1.29 is 4.79 Å². The van der Waals surface area contributed by atoms with E-state index in [1.165, 1.54) is 19.3 Å². The average molecular weight is 297 g/mol. The summed E-state index contributed by atoms with van der Waals surface area (Å²) in [5.41, 5.74) is 2.88. The Morgan fingerprint density at radius 1 is 1.41 bits per heavy atom. The van der Waals surface area contributed by atoms with Gasteiger partial charge in [0, 0.05) is 36.2 Å². The van der Waals surface area contributed by atoms with Gasteiger partial charge in [-0.1, -0.05) is 26.3 Å². The second-order valence-corrected chi connectivity index (χ2v) is 6.74. The molecule has 1 aliphatic rings. The van der Waals surface area contributed by atoms with E-state index in [9.17, 15) is 4.79 Å². The molecule has 0 radical (unpaired) electrons. The van der Waals surface area contributed by atoms with Gasteiger partial charge in [0.15, 0.2) is 0 Å². The molecule has 22 heavy (non-hydrogen) atoms. The average Bonchev–Trinajstić information content (AvgIpc) is 2.93. The first-order valence-electron chi connectivity index (χ1n) is 7.94. The molecule has 1 aliphatic carbocycles. The molecule has 2 heterocycles. The second kappa shape index (κ2) is 5.95. The summed E-state index contributed by atoms with van der Waals surface area (Å²) in [5.74, 6) is 0.544. The van der Waals surface area contributed by atoms with Crippen LogP contribution < -0.4 is 5.32 Å². The third kappa shape index (κ3) is 2.91. The summed E-state index contributed by atoms with van der Waals surface area (Å²) in [6, 6.07) is 5.87. The Kier molecular flexibility index (Phi) is 4.01. The number of rotatable bonds is 5. The van der Waals surface area contributed by atoms with Crippen molar-refractivity contribution in [3.05, 3.63) is 53.6 Å². The van der Waals surface area contributed by atoms with Gasteiger partial charge in [0.2, 0.25) is 0 Å². The number of carbonyl (C=O) groups is 1. The number of hydrogen-bond acceptors (Lipinski definition) is 2. The maximum atomic E-state index is 12.5. The smallest absolute Gasteiger partial charge is 0.253 e. The number of aromatic amines is 1. The van der Waals surface area contributed by atoms with Gasteiger partial charge < -0.3 is 10.3 Å². The van der Waals surface area contributed by atoms with Crippen LogP contribution in [0.1, 0.15) is 60.6 Å². The van der Waals surface area contributed by atoms with Gasteiger partial charge in [0.1, 0.15) is 0 Å². The molecule has 0 aliphatic heterocycles. The van der Waals surface area contributed by atoms with Gasteiger partial charge in [-0.15, -0.1) is 0 Å². The molecule has 0 aromatic carbocycles. The fourth-order valence-electron chi connectivity index (χ4n) is 2.88. The molecule has 0 saturated heterocycles. The van der Waals surface area contributed by atoms with Gasteiger partial charge in [-0.3, -0.25) is 9.78 Å². The molecular weight excluding hydrogens is 274 g/mol. The molecule has 2 N–H and O–H groups in total. The zero-order valence-electron chi connectivity index (χ0n) is 13.2. The van der Waals surface area contributed by atoms with Crippen LogP contribution in [0.2, 0.25) is 0 Å². The summed E-state index contributed by atoms with van der Waals surface area (Å²) in [5, 5.41) is 3.08. The number of H-pyrrole nitrogens is 1. The minimum atomic E-state index is -0.142. The van der Waals surface area contributed by atoms with Gasteiger partial charge in [-0.05, 0) is 36.5 Å². The summed E-state index contributed by atoms with van der Waals surface area (Å²) in [4.78, 5) is 19.9. The Morgan fingerprint density at radius 3 is 2.86 bits per heavy atom. The zero-order valence-corrected chi connectivity index (χ0v) is 13.2. The summed E-state index contributed by atoms with van der Waals surface area (Å²) < 4.78 is 0. The maximum Gasteiger partial charge on any atom is 0.253 e. The molecular formula is C18H23N3O. The fraction of sp³-hybridized carbons (Fsp3) is 0.444. The van der Waals surface area contributed by atoms with E-state index in [0.717, 1.165) is 16.8 Å². The van der Waals surface area contributed by atoms with Gasteiger partial charge in [-0.25, -0.2) is 0 Å². The van der Waals surface area contributed by atoms with E-state index < -0.39 is 0 Å². The molecule has 116 valence electrons. The highest BCUT2D eigenvalue weighted by Gasteiger charge is 2.27. The van der Waals surface area contributed by atoms with E-state index in [0.29, 0.717) is 12.5 Å². The summed E-state index contributed by atoms with van der Waals surface area (Å²) >= 11 is 0. The number of nitrogens with one attached hydrogen (secondary N) is 2. The SMILES string of the molecule is CC(C)(CNC(=O)c1cc[nH]c1C1CCC1)c1cccnc1. The number of hydrogen-bond donors (Lipinski definition) is 2. The van der Waals surface area contributed by atoms with Gasteiger partial charge in [0.05, 0.1) is 5.56 Å². The third-order valence-corrected chi connectivity index (χ3v) is 4.67. The van der Waals surface area contributed by atoms with Crippen LogP contribution in [0.25, 0.3) is 0 Å². The molecule has 0 bridgehead atoms. The number of amides is 1. The lowest BCUT2D eigenvalue weighted by Gasteiger charge is -2.27. The van der Waals surface area contributed by atoms with Crippen molar-refractivity contribution in [1.29, 1.82) is 0 Å². The Labute approximate surface area is 131 Å². The van der Waals surface area contributed by atoms with Crippen molar-refractivity contribution in [2.24, 2.45) is 0 Å². The van der Waals surface area contributed by atoms with E-state index in [2.05, 4.69) is 35.2 Å². The monoisotopic (exact) mass is 297 g/mol. The Balaban J connectivity index is 1.66. The van der Waals surface area contributed by atoms with E-state index in [4.69, 9.17) is 0 Å². The minimum Gasteiger partial charge on any atom is -0.364 e. The number of aromatic nitrogens is 2. The Morgan fingerprint density at radius 2 is 2.23 bits per heavy atom. The van der Waals surface area contributed by atoms with Gasteiger partial charge in [0.25, 0.3) is 5.91 Å². The standard InChI is InChI=1S/C18H23N3O/c1-18(2,14-7-4-9-19-11-14)12-21-17(22)15-8-10-20-16(15)13-5-3-6-13/h4,7-11,13,20H,3,5-6,12H2,1-2H3,(H,21,22). The second-order valence-electron chi connectivity index (χ2n) is 6.74. The van der Waals surface area contributed by atoms with Crippen molar-refractivity contribution in [3.63, 3.8) is 0 Å². The van der Waals surface area contributed by atoms with Crippen LogP contribution in [0.15, 0.2) is 36.8 Å². The third-order valence-electron chi connectivity index (χ3n) is 4.67. The first-order chi connectivity index (χ1) is 10.6. The van der Waals surface area contributed by atoms with Crippen LogP contribution in [0.4, 0.5) is 0 Å². The normalized spacial score (nSPS) is 15.4. The van der Waals surface area contributed by atoms with Crippen LogP contribution in [0.3, 0.4) is 0 Å². The van der Waals surface area contributed by atoms with Crippen molar-refractivity contribution in [2.75, 3.05) is 6.54 Å².